The maximum Gasteiger partial charge on any atom is 1.00 e. The van der Waals surface area contributed by atoms with Crippen LogP contribution in [0, 0.1) is 13.8 Å². The van der Waals surface area contributed by atoms with Gasteiger partial charge in [-0.05, 0) is 85.0 Å². The molecule has 0 aliphatic heterocycles. The number of hydrogen-bond acceptors (Lipinski definition) is 17. The number of nitrogens with zero attached hydrogens (tertiary/aromatic N) is 4. The van der Waals surface area contributed by atoms with Crippen LogP contribution in [0.4, 0.5) is 38.9 Å². The monoisotopic (exact) mass is 956 g/mol. The van der Waals surface area contributed by atoms with E-state index < -0.39 is 66.1 Å². The number of nitrogens with one attached hydrogen (secondary N) is 2. The Hall–Kier alpha value is -4.85. The third kappa shape index (κ3) is 11.7. The van der Waals surface area contributed by atoms with Crippen molar-refractivity contribution in [2.75, 3.05) is 24.9 Å². The van der Waals surface area contributed by atoms with Gasteiger partial charge in [0.25, 0.3) is 20.2 Å². The number of aryl methyl sites for hydroxylation is 2. The summed E-state index contributed by atoms with van der Waals surface area (Å²) in [7, 11) is -17.4. The van der Waals surface area contributed by atoms with Crippen LogP contribution in [0.1, 0.15) is 11.1 Å². The summed E-state index contributed by atoms with van der Waals surface area (Å²) in [4.78, 5) is 10.1. The molecule has 0 saturated carbocycles. The van der Waals surface area contributed by atoms with Crippen molar-refractivity contribution < 1.29 is 115 Å². The van der Waals surface area contributed by atoms with E-state index in [1.807, 2.05) is 0 Å². The minimum atomic E-state index is -5.22. The molecule has 0 saturated heterocycles. The van der Waals surface area contributed by atoms with E-state index in [2.05, 4.69) is 31.1 Å². The topological polar surface area (TPSA) is 332 Å². The second-order valence-corrected chi connectivity index (χ2v) is 18.6. The van der Waals surface area contributed by atoms with Crippen molar-refractivity contribution in [1.82, 2.24) is 0 Å². The maximum absolute atomic E-state index is 13.3. The molecule has 324 valence electrons. The first-order valence-corrected chi connectivity index (χ1v) is 22.9. The molecule has 0 heterocycles. The van der Waals surface area contributed by atoms with Gasteiger partial charge in [0.15, 0.2) is 0 Å². The number of hydrogen-bond donors (Lipinski definition) is 4. The van der Waals surface area contributed by atoms with Crippen molar-refractivity contribution in [3.05, 3.63) is 96.1 Å². The Morgan fingerprint density at radius 3 is 1.58 bits per heavy atom. The Morgan fingerprint density at radius 2 is 1.09 bits per heavy atom. The van der Waals surface area contributed by atoms with Crippen LogP contribution in [0.15, 0.2) is 125 Å². The zero-order chi connectivity index (χ0) is 45.5. The number of benzene rings is 6. The molecule has 2 amide bonds. The molecule has 6 rings (SSSR count). The zero-order valence-electron chi connectivity index (χ0n) is 34.2. The van der Waals surface area contributed by atoms with Gasteiger partial charge in [0, 0.05) is 28.3 Å². The minimum Gasteiger partial charge on any atom is -0.744 e. The molecule has 0 aromatic heterocycles. The fourth-order valence-corrected chi connectivity index (χ4v) is 8.86. The van der Waals surface area contributed by atoms with E-state index in [0.717, 1.165) is 24.3 Å². The Morgan fingerprint density at radius 1 is 0.578 bits per heavy atom. The van der Waals surface area contributed by atoms with E-state index >= 15 is 0 Å². The van der Waals surface area contributed by atoms with Gasteiger partial charge in [-0.3, -0.25) is 9.11 Å². The van der Waals surface area contributed by atoms with E-state index in [1.165, 1.54) is 68.8 Å². The average molecular weight is 957 g/mol. The first kappa shape index (κ1) is 51.8. The summed E-state index contributed by atoms with van der Waals surface area (Å²) in [5.74, 6) is 0.242. The van der Waals surface area contributed by atoms with E-state index in [9.17, 15) is 56.7 Å². The van der Waals surface area contributed by atoms with Gasteiger partial charge in [0.05, 0.1) is 58.1 Å². The SMILES string of the molecule is COc1cc(N=Nc2ccc3cc(S(=O)(=O)[O-])cc(S(=O)(=O)[O-])c3c2)c(C)cc1NC(=O)Nc1cc(C)c(N=Nc2cc(S(=O)(=O)O)c3cccc(S(=O)(=O)O)c3c2)cc1OC.[Li+].[Na+]. The molecule has 0 aliphatic rings. The summed E-state index contributed by atoms with van der Waals surface area (Å²) in [6.45, 7) is 3.25. The number of carbonyl (C=O) groups excluding carboxylic acids is 1. The molecular formula is C37H30LiN6NaO15S4. The molecule has 0 fully saturated rings. The maximum atomic E-state index is 13.3. The molecule has 0 aliphatic carbocycles. The van der Waals surface area contributed by atoms with Crippen molar-refractivity contribution in [3.8, 4) is 11.5 Å². The Kier molecular flexibility index (Phi) is 15.9. The van der Waals surface area contributed by atoms with Crippen molar-refractivity contribution in [2.45, 2.75) is 33.4 Å². The van der Waals surface area contributed by atoms with E-state index in [-0.39, 0.29) is 116 Å². The van der Waals surface area contributed by atoms with Crippen LogP contribution in [0.5, 0.6) is 11.5 Å². The predicted octanol–water partition coefficient (Wildman–Crippen LogP) is 1.41. The standard InChI is InChI=1S/C37H32N6O15S4.Li.Na/c1-19-10-30(32(57-3)17-28(19)42-40-22-9-8-21-12-24(59(45,46)47)16-36(26(21)13-22)62(54,55)56)38-37(44)39-31-11-20(2)29(18-33(31)58-4)43-41-23-14-27-25(35(15-23)61(51,52)53)6-5-7-34(27)60(48,49)50;;/h5-18H,1-4H3,(H2,38,39,44)(H,45,46,47)(H,48,49,50)(H,51,52,53)(H,54,55,56);;/q;2*+1/p-2. The Labute approximate surface area is 399 Å². The largest absolute Gasteiger partial charge is 1.00 e. The van der Waals surface area contributed by atoms with Gasteiger partial charge in [-0.15, -0.1) is 0 Å². The molecule has 6 aromatic carbocycles. The number of carbonyl (C=O) groups is 1. The summed E-state index contributed by atoms with van der Waals surface area (Å²) < 4.78 is 149. The number of amides is 2. The fraction of sp³-hybridized carbons (Fsp3) is 0.108. The fourth-order valence-electron chi connectivity index (χ4n) is 6.11. The first-order chi connectivity index (χ1) is 28.9. The molecule has 64 heavy (non-hydrogen) atoms. The minimum absolute atomic E-state index is 0. The molecule has 0 spiro atoms. The quantitative estimate of drug-likeness (QED) is 0.0766. The first-order valence-electron chi connectivity index (χ1n) is 17.2. The molecule has 27 heteroatoms. The smallest absolute Gasteiger partial charge is 0.744 e. The molecule has 6 aromatic rings. The molecule has 0 unspecified atom stereocenters. The number of urea groups is 1. The van der Waals surface area contributed by atoms with Gasteiger partial charge in [-0.1, -0.05) is 18.2 Å². The average Bonchev–Trinajstić information content (AvgIpc) is 3.17. The number of rotatable bonds is 12. The van der Waals surface area contributed by atoms with Gasteiger partial charge < -0.3 is 29.2 Å². The van der Waals surface area contributed by atoms with Gasteiger partial charge in [0.1, 0.15) is 41.5 Å². The third-order valence-electron chi connectivity index (χ3n) is 8.97. The van der Waals surface area contributed by atoms with E-state index in [0.29, 0.717) is 17.2 Å². The van der Waals surface area contributed by atoms with Crippen LogP contribution in [-0.4, -0.2) is 72.1 Å². The van der Waals surface area contributed by atoms with Crippen molar-refractivity contribution in [2.24, 2.45) is 20.5 Å². The van der Waals surface area contributed by atoms with Crippen molar-refractivity contribution in [1.29, 1.82) is 0 Å². The third-order valence-corrected chi connectivity index (χ3v) is 12.5. The van der Waals surface area contributed by atoms with Crippen LogP contribution in [0.2, 0.25) is 0 Å². The summed E-state index contributed by atoms with van der Waals surface area (Å²) >= 11 is 0. The van der Waals surface area contributed by atoms with Crippen molar-refractivity contribution >= 4 is 102 Å². The zero-order valence-corrected chi connectivity index (χ0v) is 39.5. The second kappa shape index (κ2) is 19.7. The van der Waals surface area contributed by atoms with E-state index in [1.54, 1.807) is 13.8 Å². The molecule has 0 bridgehead atoms. The van der Waals surface area contributed by atoms with Gasteiger partial charge in [-0.2, -0.15) is 37.3 Å². The molecule has 0 atom stereocenters. The van der Waals surface area contributed by atoms with Crippen LogP contribution in [0.3, 0.4) is 0 Å². The molecular weight excluding hydrogens is 927 g/mol. The summed E-state index contributed by atoms with van der Waals surface area (Å²) in [5.41, 5.74) is 1.56. The Balaban J connectivity index is 0.00000449. The summed E-state index contributed by atoms with van der Waals surface area (Å²) in [6.07, 6.45) is 0. The second-order valence-electron chi connectivity index (χ2n) is 13.1. The number of fused-ring (bicyclic) bond motifs is 2. The summed E-state index contributed by atoms with van der Waals surface area (Å²) in [5, 5.41) is 21.1. The number of anilines is 2. The number of azo groups is 2. The summed E-state index contributed by atoms with van der Waals surface area (Å²) in [6, 6.07) is 15.9. The molecule has 0 radical (unpaired) electrons. The van der Waals surface area contributed by atoms with Gasteiger partial charge in [0.2, 0.25) is 0 Å². The molecule has 4 N–H and O–H groups in total. The number of methoxy groups -OCH3 is 2. The van der Waals surface area contributed by atoms with Crippen molar-refractivity contribution in [3.63, 3.8) is 0 Å². The van der Waals surface area contributed by atoms with E-state index in [4.69, 9.17) is 9.47 Å². The van der Waals surface area contributed by atoms with Crippen LogP contribution in [0.25, 0.3) is 21.5 Å². The normalized spacial score (nSPS) is 12.2. The van der Waals surface area contributed by atoms with Crippen LogP contribution in [-0.2, 0) is 40.5 Å². The number of ether oxygens (including phenoxy) is 2. The van der Waals surface area contributed by atoms with Crippen LogP contribution < -0.4 is 68.5 Å². The van der Waals surface area contributed by atoms with Crippen LogP contribution >= 0.6 is 0 Å². The van der Waals surface area contributed by atoms with Gasteiger partial charge >= 0.3 is 54.4 Å². The predicted molar refractivity (Wildman–Crippen MR) is 220 cm³/mol. The van der Waals surface area contributed by atoms with Gasteiger partial charge in [-0.25, -0.2) is 21.6 Å². The molecule has 21 nitrogen and oxygen atoms in total. The Bertz CT molecular complexity index is 3390.